The highest BCUT2D eigenvalue weighted by Crippen LogP contribution is 2.23. The van der Waals surface area contributed by atoms with Gasteiger partial charge < -0.3 is 15.4 Å². The summed E-state index contributed by atoms with van der Waals surface area (Å²) in [5.41, 5.74) is 6.23. The van der Waals surface area contributed by atoms with E-state index in [4.69, 9.17) is 33.7 Å². The van der Waals surface area contributed by atoms with Crippen LogP contribution in [-0.4, -0.2) is 54.5 Å². The Kier molecular flexibility index (Phi) is 6.59. The average Bonchev–Trinajstić information content (AvgIpc) is 3.07. The van der Waals surface area contributed by atoms with Crippen LogP contribution in [0, 0.1) is 0 Å². The van der Waals surface area contributed by atoms with Crippen LogP contribution in [0.1, 0.15) is 15.2 Å². The van der Waals surface area contributed by atoms with Gasteiger partial charge in [0.05, 0.1) is 20.6 Å². The maximum atomic E-state index is 12.3. The van der Waals surface area contributed by atoms with Crippen LogP contribution in [0.5, 0.6) is 0 Å². The lowest BCUT2D eigenvalue weighted by molar-refractivity contribution is -0.136. The number of nitrogen functional groups attached to an aromatic ring is 1. The molecule has 0 unspecified atom stereocenters. The number of hydrogen-bond donors (Lipinski definition) is 1. The van der Waals surface area contributed by atoms with Crippen LogP contribution in [0.3, 0.4) is 0 Å². The van der Waals surface area contributed by atoms with Gasteiger partial charge in [-0.2, -0.15) is 0 Å². The lowest BCUT2D eigenvalue weighted by atomic mass is 10.2. The first-order valence-electron chi connectivity index (χ1n) is 8.39. The molecule has 2 N–H and O–H groups in total. The lowest BCUT2D eigenvalue weighted by Gasteiger charge is -2.34. The van der Waals surface area contributed by atoms with Gasteiger partial charge in [0.2, 0.25) is 0 Å². The van der Waals surface area contributed by atoms with Crippen molar-refractivity contribution in [1.29, 1.82) is 0 Å². The molecule has 1 saturated heterocycles. The Labute approximate surface area is 171 Å². The van der Waals surface area contributed by atoms with Crippen molar-refractivity contribution >= 4 is 52.1 Å². The molecule has 0 radical (unpaired) electrons. The number of carbonyl (C=O) groups excluding carboxylic acids is 2. The maximum Gasteiger partial charge on any atom is 0.338 e. The number of hydrogen-bond acceptors (Lipinski definition) is 6. The van der Waals surface area contributed by atoms with Crippen molar-refractivity contribution in [3.8, 4) is 0 Å². The van der Waals surface area contributed by atoms with Gasteiger partial charge in [-0.3, -0.25) is 9.69 Å². The van der Waals surface area contributed by atoms with E-state index < -0.39 is 5.97 Å². The Morgan fingerprint density at radius 2 is 1.85 bits per heavy atom. The zero-order valence-electron chi connectivity index (χ0n) is 14.5. The fourth-order valence-corrected chi connectivity index (χ4v) is 4.03. The second-order valence-corrected chi connectivity index (χ2v) is 8.38. The predicted molar refractivity (Wildman–Crippen MR) is 107 cm³/mol. The van der Waals surface area contributed by atoms with Gasteiger partial charge in [0.15, 0.2) is 6.61 Å². The topological polar surface area (TPSA) is 75.9 Å². The standard InChI is InChI=1S/C18H19Cl2N3O3S/c19-14-3-1-12(9-15(14)21)18(25)26-11-17(24)23-7-5-22(6-8-23)10-13-2-4-16(20)27-13/h1-4,9H,5-8,10-11,21H2. The Balaban J connectivity index is 1.43. The van der Waals surface area contributed by atoms with E-state index in [0.717, 1.165) is 24.0 Å². The third kappa shape index (κ3) is 5.35. The van der Waals surface area contributed by atoms with E-state index in [1.807, 2.05) is 12.1 Å². The largest absolute Gasteiger partial charge is 0.452 e. The average molecular weight is 428 g/mol. The van der Waals surface area contributed by atoms with E-state index in [-0.39, 0.29) is 18.1 Å². The molecule has 3 rings (SSSR count). The monoisotopic (exact) mass is 427 g/mol. The number of esters is 1. The van der Waals surface area contributed by atoms with Crippen LogP contribution in [0.4, 0.5) is 5.69 Å². The molecule has 1 fully saturated rings. The summed E-state index contributed by atoms with van der Waals surface area (Å²) in [6, 6.07) is 8.39. The zero-order valence-corrected chi connectivity index (χ0v) is 16.8. The number of rotatable bonds is 5. The van der Waals surface area contributed by atoms with Gasteiger partial charge in [0.25, 0.3) is 5.91 Å². The van der Waals surface area contributed by atoms with Crippen molar-refractivity contribution in [2.75, 3.05) is 38.5 Å². The van der Waals surface area contributed by atoms with Gasteiger partial charge in [-0.15, -0.1) is 11.3 Å². The summed E-state index contributed by atoms with van der Waals surface area (Å²) in [6.45, 7) is 3.27. The Bertz CT molecular complexity index is 835. The number of ether oxygens (including phenoxy) is 1. The normalized spacial score (nSPS) is 15.0. The quantitative estimate of drug-likeness (QED) is 0.585. The summed E-state index contributed by atoms with van der Waals surface area (Å²) in [7, 11) is 0. The SMILES string of the molecule is Nc1cc(C(=O)OCC(=O)N2CCN(Cc3ccc(Cl)s3)CC2)ccc1Cl. The second-order valence-electron chi connectivity index (χ2n) is 6.18. The Hall–Kier alpha value is -1.80. The molecule has 6 nitrogen and oxygen atoms in total. The van der Waals surface area contributed by atoms with Gasteiger partial charge >= 0.3 is 5.97 Å². The number of amides is 1. The van der Waals surface area contributed by atoms with Gasteiger partial charge in [-0.05, 0) is 30.3 Å². The minimum atomic E-state index is -0.597. The van der Waals surface area contributed by atoms with Crippen LogP contribution >= 0.6 is 34.5 Å². The molecule has 1 amide bonds. The van der Waals surface area contributed by atoms with Crippen molar-refractivity contribution in [2.24, 2.45) is 0 Å². The van der Waals surface area contributed by atoms with E-state index in [1.165, 1.54) is 23.1 Å². The molecule has 9 heteroatoms. The lowest BCUT2D eigenvalue weighted by Crippen LogP contribution is -2.49. The summed E-state index contributed by atoms with van der Waals surface area (Å²) >= 11 is 13.4. The first-order chi connectivity index (χ1) is 12.9. The minimum absolute atomic E-state index is 0.205. The van der Waals surface area contributed by atoms with E-state index in [1.54, 1.807) is 16.2 Å². The zero-order chi connectivity index (χ0) is 19.4. The van der Waals surface area contributed by atoms with Crippen molar-refractivity contribution in [3.63, 3.8) is 0 Å². The number of anilines is 1. The molecule has 144 valence electrons. The molecule has 1 aliphatic rings. The van der Waals surface area contributed by atoms with E-state index in [2.05, 4.69) is 4.90 Å². The number of halogens is 2. The van der Waals surface area contributed by atoms with Crippen LogP contribution in [0.15, 0.2) is 30.3 Å². The molecule has 2 aromatic rings. The highest BCUT2D eigenvalue weighted by Gasteiger charge is 2.22. The summed E-state index contributed by atoms with van der Waals surface area (Å²) in [5.74, 6) is -0.802. The number of piperazine rings is 1. The molecule has 1 aromatic heterocycles. The Morgan fingerprint density at radius 3 is 2.48 bits per heavy atom. The molecule has 0 atom stereocenters. The number of nitrogens with zero attached hydrogens (tertiary/aromatic N) is 2. The van der Waals surface area contributed by atoms with E-state index in [9.17, 15) is 9.59 Å². The fourth-order valence-electron chi connectivity index (χ4n) is 2.79. The molecule has 0 bridgehead atoms. The number of carbonyl (C=O) groups is 2. The summed E-state index contributed by atoms with van der Waals surface area (Å²) in [4.78, 5) is 29.5. The second kappa shape index (κ2) is 8.93. The molecule has 0 spiro atoms. The molecule has 0 saturated carbocycles. The van der Waals surface area contributed by atoms with Crippen LogP contribution < -0.4 is 5.73 Å². The number of thiophene rings is 1. The molecule has 1 aromatic carbocycles. The van der Waals surface area contributed by atoms with Crippen molar-refractivity contribution in [2.45, 2.75) is 6.54 Å². The first-order valence-corrected chi connectivity index (χ1v) is 9.96. The van der Waals surface area contributed by atoms with Crippen LogP contribution in [-0.2, 0) is 16.1 Å². The fraction of sp³-hybridized carbons (Fsp3) is 0.333. The van der Waals surface area contributed by atoms with Crippen molar-refractivity contribution in [3.05, 3.63) is 50.1 Å². The van der Waals surface area contributed by atoms with Gasteiger partial charge in [0.1, 0.15) is 0 Å². The number of nitrogens with two attached hydrogens (primary N) is 1. The first kappa shape index (κ1) is 19.9. The molecular weight excluding hydrogens is 409 g/mol. The van der Waals surface area contributed by atoms with E-state index >= 15 is 0 Å². The summed E-state index contributed by atoms with van der Waals surface area (Å²) in [6.07, 6.45) is 0. The van der Waals surface area contributed by atoms with Crippen LogP contribution in [0.2, 0.25) is 9.36 Å². The molecule has 2 heterocycles. The van der Waals surface area contributed by atoms with Gasteiger partial charge in [-0.1, -0.05) is 23.2 Å². The molecule has 27 heavy (non-hydrogen) atoms. The summed E-state index contributed by atoms with van der Waals surface area (Å²) < 4.78 is 5.89. The third-order valence-electron chi connectivity index (χ3n) is 4.29. The van der Waals surface area contributed by atoms with Crippen molar-refractivity contribution in [1.82, 2.24) is 9.80 Å². The molecule has 1 aliphatic heterocycles. The molecular formula is C18H19Cl2N3O3S. The number of benzene rings is 1. The predicted octanol–water partition coefficient (Wildman–Crippen LogP) is 3.14. The van der Waals surface area contributed by atoms with Crippen LogP contribution in [0.25, 0.3) is 0 Å². The maximum absolute atomic E-state index is 12.3. The van der Waals surface area contributed by atoms with Crippen molar-refractivity contribution < 1.29 is 14.3 Å². The Morgan fingerprint density at radius 1 is 1.11 bits per heavy atom. The van der Waals surface area contributed by atoms with E-state index in [0.29, 0.717) is 23.8 Å². The highest BCUT2D eigenvalue weighted by molar-refractivity contribution is 7.16. The summed E-state index contributed by atoms with van der Waals surface area (Å²) in [5, 5.41) is 0.366. The highest BCUT2D eigenvalue weighted by atomic mass is 35.5. The van der Waals surface area contributed by atoms with Gasteiger partial charge in [-0.25, -0.2) is 4.79 Å². The molecule has 0 aliphatic carbocycles. The third-order valence-corrected chi connectivity index (χ3v) is 5.85. The van der Waals surface area contributed by atoms with Gasteiger partial charge in [0, 0.05) is 37.6 Å². The minimum Gasteiger partial charge on any atom is -0.452 e. The smallest absolute Gasteiger partial charge is 0.338 e.